The maximum Gasteiger partial charge on any atom is 0.164 e. The molecular formula is C26H19N5. The summed E-state index contributed by atoms with van der Waals surface area (Å²) in [7, 11) is 0. The van der Waals surface area contributed by atoms with Crippen LogP contribution >= 0.6 is 0 Å². The van der Waals surface area contributed by atoms with Gasteiger partial charge in [-0.1, -0.05) is 72.8 Å². The highest BCUT2D eigenvalue weighted by Gasteiger charge is 2.24. The van der Waals surface area contributed by atoms with Crippen LogP contribution in [0, 0.1) is 6.92 Å². The van der Waals surface area contributed by atoms with Crippen LogP contribution in [0.4, 0.5) is 5.82 Å². The molecular weight excluding hydrogens is 382 g/mol. The number of rotatable bonds is 1. The summed E-state index contributed by atoms with van der Waals surface area (Å²) in [5, 5.41) is 2.26. The Morgan fingerprint density at radius 1 is 0.613 bits per heavy atom. The first kappa shape index (κ1) is 17.7. The molecule has 0 spiro atoms. The molecule has 2 aliphatic rings. The van der Waals surface area contributed by atoms with E-state index in [1.165, 1.54) is 5.39 Å². The minimum atomic E-state index is 0.644. The van der Waals surface area contributed by atoms with Gasteiger partial charge in [0.05, 0.1) is 0 Å². The third-order valence-corrected chi connectivity index (χ3v) is 5.77. The number of fused-ring (bicyclic) bond motifs is 3. The summed E-state index contributed by atoms with van der Waals surface area (Å²) in [6.45, 7) is 4.07. The number of aryl methyl sites for hydroxylation is 1. The molecule has 0 saturated heterocycles. The first-order valence-electron chi connectivity index (χ1n) is 10.3. The van der Waals surface area contributed by atoms with Gasteiger partial charge in [-0.3, -0.25) is 0 Å². The Bertz CT molecular complexity index is 1500. The van der Waals surface area contributed by atoms with Crippen LogP contribution in [0.3, 0.4) is 0 Å². The van der Waals surface area contributed by atoms with Gasteiger partial charge in [-0.25, -0.2) is 20.0 Å². The Morgan fingerprint density at radius 3 is 1.97 bits per heavy atom. The molecule has 0 bridgehead atoms. The zero-order valence-corrected chi connectivity index (χ0v) is 17.2. The lowest BCUT2D eigenvalue weighted by molar-refractivity contribution is 1.25. The minimum Gasteiger partial charge on any atom is -0.343 e. The molecule has 0 amide bonds. The van der Waals surface area contributed by atoms with Gasteiger partial charge in [-0.2, -0.15) is 0 Å². The second kappa shape index (κ2) is 6.71. The molecule has 1 aromatic heterocycles. The molecule has 0 atom stereocenters. The number of aromatic nitrogens is 1. The van der Waals surface area contributed by atoms with Gasteiger partial charge in [0.25, 0.3) is 0 Å². The van der Waals surface area contributed by atoms with Crippen LogP contribution in [0.1, 0.15) is 34.9 Å². The monoisotopic (exact) mass is 401 g/mol. The molecule has 0 fully saturated rings. The normalized spacial score (nSPS) is 17.2. The fourth-order valence-electron chi connectivity index (χ4n) is 4.25. The zero-order valence-electron chi connectivity index (χ0n) is 17.2. The average Bonchev–Trinajstić information content (AvgIpc) is 3.42. The van der Waals surface area contributed by atoms with Crippen molar-refractivity contribution in [3.8, 4) is 0 Å². The van der Waals surface area contributed by atoms with Gasteiger partial charge in [0.2, 0.25) is 0 Å². The Morgan fingerprint density at radius 2 is 1.19 bits per heavy atom. The highest BCUT2D eigenvalue weighted by Crippen LogP contribution is 2.31. The number of aromatic amines is 1. The Balaban J connectivity index is 1.51. The minimum absolute atomic E-state index is 0.644. The van der Waals surface area contributed by atoms with Crippen molar-refractivity contribution >= 4 is 39.8 Å². The topological polar surface area (TPSA) is 65.2 Å². The maximum atomic E-state index is 4.90. The Hall–Kier alpha value is -4.12. The van der Waals surface area contributed by atoms with E-state index >= 15 is 0 Å². The number of hydrogen-bond donors (Lipinski definition) is 1. The van der Waals surface area contributed by atoms with Gasteiger partial charge >= 0.3 is 0 Å². The molecule has 3 heterocycles. The molecule has 0 radical (unpaired) electrons. The lowest BCUT2D eigenvalue weighted by atomic mass is 10.1. The Labute approximate surface area is 179 Å². The average molecular weight is 401 g/mol. The summed E-state index contributed by atoms with van der Waals surface area (Å²) in [6.07, 6.45) is 0. The summed E-state index contributed by atoms with van der Waals surface area (Å²) in [6, 6.07) is 24.5. The number of benzene rings is 3. The van der Waals surface area contributed by atoms with Crippen LogP contribution in [-0.4, -0.2) is 28.2 Å². The van der Waals surface area contributed by atoms with E-state index in [1.807, 2.05) is 55.5 Å². The molecule has 31 heavy (non-hydrogen) atoms. The second-order valence-electron chi connectivity index (χ2n) is 7.74. The molecule has 148 valence electrons. The SMILES string of the molecule is CC1=NC(=NC2=NC(=Nc3[nH]c(C)c4ccccc34)c3ccccc32)c2ccccc21. The summed E-state index contributed by atoms with van der Waals surface area (Å²) < 4.78 is 0. The van der Waals surface area contributed by atoms with Crippen molar-refractivity contribution in [2.24, 2.45) is 20.0 Å². The second-order valence-corrected chi connectivity index (χ2v) is 7.74. The molecule has 6 rings (SSSR count). The first-order valence-corrected chi connectivity index (χ1v) is 10.3. The summed E-state index contributed by atoms with van der Waals surface area (Å²) in [5.74, 6) is 2.82. The molecule has 3 aromatic carbocycles. The van der Waals surface area contributed by atoms with Crippen LogP contribution in [0.5, 0.6) is 0 Å². The number of hydrogen-bond acceptors (Lipinski definition) is 2. The predicted octanol–water partition coefficient (Wildman–Crippen LogP) is 5.58. The predicted molar refractivity (Wildman–Crippen MR) is 127 cm³/mol. The van der Waals surface area contributed by atoms with Crippen LogP contribution < -0.4 is 0 Å². The highest BCUT2D eigenvalue weighted by molar-refractivity contribution is 6.29. The van der Waals surface area contributed by atoms with E-state index < -0.39 is 0 Å². The summed E-state index contributed by atoms with van der Waals surface area (Å²) >= 11 is 0. The molecule has 0 aliphatic carbocycles. The van der Waals surface area contributed by atoms with E-state index in [0.717, 1.165) is 44.9 Å². The fraction of sp³-hybridized carbons (Fsp3) is 0.0769. The van der Waals surface area contributed by atoms with E-state index in [2.05, 4.69) is 41.2 Å². The van der Waals surface area contributed by atoms with Gasteiger partial charge in [0.1, 0.15) is 5.82 Å². The molecule has 0 unspecified atom stereocenters. The van der Waals surface area contributed by atoms with E-state index in [9.17, 15) is 0 Å². The van der Waals surface area contributed by atoms with Gasteiger partial charge in [-0.15, -0.1) is 0 Å². The van der Waals surface area contributed by atoms with Crippen molar-refractivity contribution in [1.29, 1.82) is 0 Å². The van der Waals surface area contributed by atoms with Crippen molar-refractivity contribution in [3.05, 3.63) is 101 Å². The Kier molecular flexibility index (Phi) is 3.83. The number of nitrogens with zero attached hydrogens (tertiary/aromatic N) is 4. The van der Waals surface area contributed by atoms with Gasteiger partial charge < -0.3 is 4.98 Å². The van der Waals surface area contributed by atoms with Crippen LogP contribution in [0.25, 0.3) is 10.8 Å². The van der Waals surface area contributed by atoms with Crippen LogP contribution in [0.15, 0.2) is 92.8 Å². The van der Waals surface area contributed by atoms with Crippen molar-refractivity contribution in [2.75, 3.05) is 0 Å². The third kappa shape index (κ3) is 2.78. The van der Waals surface area contributed by atoms with Crippen molar-refractivity contribution < 1.29 is 0 Å². The van der Waals surface area contributed by atoms with Crippen molar-refractivity contribution in [3.63, 3.8) is 0 Å². The lowest BCUT2D eigenvalue weighted by Gasteiger charge is -2.00. The number of amidine groups is 3. The maximum absolute atomic E-state index is 4.90. The van der Waals surface area contributed by atoms with Gasteiger partial charge in [0, 0.05) is 44.4 Å². The standard InChI is InChI=1S/C26H19N5/c1-15-17-9-3-5-11-19(17)23(27-15)29-25-21-13-7-8-14-22(21)26(31-25)30-24-20-12-6-4-10-18(20)16(2)28-24/h3-14,27H,1-2H3. The first-order chi connectivity index (χ1) is 15.2. The van der Waals surface area contributed by atoms with Crippen LogP contribution in [-0.2, 0) is 0 Å². The molecule has 5 heteroatoms. The quantitative estimate of drug-likeness (QED) is 0.432. The fourth-order valence-corrected chi connectivity index (χ4v) is 4.25. The third-order valence-electron chi connectivity index (χ3n) is 5.77. The van der Waals surface area contributed by atoms with Gasteiger partial charge in [-0.05, 0) is 13.8 Å². The molecule has 2 aliphatic heterocycles. The lowest BCUT2D eigenvalue weighted by Crippen LogP contribution is -2.01. The highest BCUT2D eigenvalue weighted by atomic mass is 15.1. The molecule has 4 aromatic rings. The number of nitrogens with one attached hydrogen (secondary N) is 1. The van der Waals surface area contributed by atoms with Crippen molar-refractivity contribution in [2.45, 2.75) is 13.8 Å². The van der Waals surface area contributed by atoms with Gasteiger partial charge in [0.15, 0.2) is 17.5 Å². The van der Waals surface area contributed by atoms with E-state index in [0.29, 0.717) is 17.5 Å². The van der Waals surface area contributed by atoms with E-state index in [4.69, 9.17) is 15.0 Å². The van der Waals surface area contributed by atoms with E-state index in [1.54, 1.807) is 0 Å². The largest absolute Gasteiger partial charge is 0.343 e. The zero-order chi connectivity index (χ0) is 20.9. The number of aliphatic imine (C=N–C) groups is 4. The summed E-state index contributed by atoms with van der Waals surface area (Å²) in [4.78, 5) is 22.7. The summed E-state index contributed by atoms with van der Waals surface area (Å²) in [5.41, 5.74) is 6.18. The number of H-pyrrole nitrogens is 1. The van der Waals surface area contributed by atoms with E-state index in [-0.39, 0.29) is 0 Å². The molecule has 5 nitrogen and oxygen atoms in total. The van der Waals surface area contributed by atoms with Crippen LogP contribution in [0.2, 0.25) is 0 Å². The molecule has 0 saturated carbocycles. The molecule has 1 N–H and O–H groups in total. The van der Waals surface area contributed by atoms with Crippen molar-refractivity contribution in [1.82, 2.24) is 4.98 Å². The smallest absolute Gasteiger partial charge is 0.164 e.